The van der Waals surface area contributed by atoms with Gasteiger partial charge in [-0.05, 0) is 12.8 Å². The minimum Gasteiger partial charge on any atom is -0.280 e. The van der Waals surface area contributed by atoms with E-state index in [1.807, 2.05) is 0 Å². The van der Waals surface area contributed by atoms with Gasteiger partial charge >= 0.3 is 0 Å². The van der Waals surface area contributed by atoms with Crippen LogP contribution >= 0.6 is 0 Å². The molecule has 0 rings (SSSR count). The Labute approximate surface area is 84.0 Å². The van der Waals surface area contributed by atoms with Crippen LogP contribution in [0.3, 0.4) is 0 Å². The van der Waals surface area contributed by atoms with Crippen molar-refractivity contribution in [3.05, 3.63) is 12.2 Å². The number of hydrogen-bond acceptors (Lipinski definition) is 6. The predicted molar refractivity (Wildman–Crippen MR) is 50.6 cm³/mol. The van der Waals surface area contributed by atoms with Gasteiger partial charge in [-0.25, -0.2) is 0 Å². The highest BCUT2D eigenvalue weighted by Crippen LogP contribution is 2.03. The number of rotatable bonds is 10. The Morgan fingerprint density at radius 2 is 1.43 bits per heavy atom. The first-order valence-electron chi connectivity index (χ1n) is 4.27. The van der Waals surface area contributed by atoms with Crippen molar-refractivity contribution >= 4 is 0 Å². The standard InChI is InChI=1S/C8H18N2O4/c1-8(4-6-13-9-11-2)5-7-14-10-12-3/h9-10H,1,4-7H2,2-3H3. The fourth-order valence-electron chi connectivity index (χ4n) is 0.717. The van der Waals surface area contributed by atoms with Crippen molar-refractivity contribution in [3.8, 4) is 0 Å². The van der Waals surface area contributed by atoms with Crippen molar-refractivity contribution in [1.29, 1.82) is 0 Å². The van der Waals surface area contributed by atoms with Crippen molar-refractivity contribution in [3.63, 3.8) is 0 Å². The van der Waals surface area contributed by atoms with E-state index in [1.54, 1.807) is 0 Å². The molecular formula is C8H18N2O4. The molecule has 0 atom stereocenters. The molecule has 0 aliphatic heterocycles. The first kappa shape index (κ1) is 13.5. The van der Waals surface area contributed by atoms with Gasteiger partial charge in [-0.2, -0.15) is 0 Å². The van der Waals surface area contributed by atoms with Crippen LogP contribution in [-0.4, -0.2) is 27.4 Å². The first-order chi connectivity index (χ1) is 6.81. The molecule has 6 nitrogen and oxygen atoms in total. The molecule has 84 valence electrons. The van der Waals surface area contributed by atoms with Gasteiger partial charge in [-0.1, -0.05) is 23.4 Å². The third-order valence-corrected chi connectivity index (χ3v) is 1.40. The molecule has 0 aliphatic carbocycles. The lowest BCUT2D eigenvalue weighted by Gasteiger charge is -2.06. The summed E-state index contributed by atoms with van der Waals surface area (Å²) in [6.07, 6.45) is 1.51. The van der Waals surface area contributed by atoms with Crippen molar-refractivity contribution in [2.45, 2.75) is 12.8 Å². The van der Waals surface area contributed by atoms with Crippen LogP contribution in [0.1, 0.15) is 12.8 Å². The topological polar surface area (TPSA) is 61.0 Å². The average molecular weight is 206 g/mol. The van der Waals surface area contributed by atoms with E-state index in [2.05, 4.69) is 27.5 Å². The second-order valence-electron chi connectivity index (χ2n) is 2.52. The third kappa shape index (κ3) is 9.59. The van der Waals surface area contributed by atoms with E-state index in [9.17, 15) is 0 Å². The summed E-state index contributed by atoms with van der Waals surface area (Å²) in [5, 5.41) is 0. The molecule has 0 spiro atoms. The quantitative estimate of drug-likeness (QED) is 0.308. The molecule has 0 bridgehead atoms. The van der Waals surface area contributed by atoms with E-state index in [0.29, 0.717) is 13.2 Å². The Balaban J connectivity index is 3.11. The summed E-state index contributed by atoms with van der Waals surface area (Å²) in [6.45, 7) is 4.89. The van der Waals surface area contributed by atoms with E-state index >= 15 is 0 Å². The predicted octanol–water partition coefficient (Wildman–Crippen LogP) is 0.488. The molecule has 0 saturated heterocycles. The van der Waals surface area contributed by atoms with Gasteiger partial charge in [0.1, 0.15) is 0 Å². The minimum absolute atomic E-state index is 0.518. The minimum atomic E-state index is 0.518. The lowest BCUT2D eigenvalue weighted by Crippen LogP contribution is -2.15. The van der Waals surface area contributed by atoms with Crippen molar-refractivity contribution < 1.29 is 19.4 Å². The zero-order chi connectivity index (χ0) is 10.6. The Kier molecular flexibility index (Phi) is 10.2. The van der Waals surface area contributed by atoms with Gasteiger partial charge in [0.2, 0.25) is 0 Å². The average Bonchev–Trinajstić information content (AvgIpc) is 2.19. The molecule has 0 aromatic rings. The fraction of sp³-hybridized carbons (Fsp3) is 0.750. The van der Waals surface area contributed by atoms with E-state index in [1.165, 1.54) is 14.2 Å². The van der Waals surface area contributed by atoms with Gasteiger partial charge in [0.15, 0.2) is 0 Å². The lowest BCUT2D eigenvalue weighted by atomic mass is 10.2. The summed E-state index contributed by atoms with van der Waals surface area (Å²) in [6, 6.07) is 0. The van der Waals surface area contributed by atoms with Crippen molar-refractivity contribution in [2.75, 3.05) is 27.4 Å². The maximum Gasteiger partial charge on any atom is 0.0746 e. The van der Waals surface area contributed by atoms with E-state index in [0.717, 1.165) is 18.4 Å². The molecule has 0 aromatic carbocycles. The zero-order valence-electron chi connectivity index (χ0n) is 8.67. The highest BCUT2D eigenvalue weighted by atomic mass is 16.9. The van der Waals surface area contributed by atoms with Crippen LogP contribution in [0.25, 0.3) is 0 Å². The molecule has 2 N–H and O–H groups in total. The van der Waals surface area contributed by atoms with Crippen LogP contribution < -0.4 is 11.3 Å². The smallest absolute Gasteiger partial charge is 0.0746 e. The third-order valence-electron chi connectivity index (χ3n) is 1.40. The first-order valence-corrected chi connectivity index (χ1v) is 4.27. The molecule has 0 amide bonds. The summed E-state index contributed by atoms with van der Waals surface area (Å²) < 4.78 is 0. The van der Waals surface area contributed by atoms with Crippen LogP contribution in [0, 0.1) is 0 Å². The van der Waals surface area contributed by atoms with Gasteiger partial charge in [0.05, 0.1) is 27.4 Å². The van der Waals surface area contributed by atoms with Crippen LogP contribution in [0.5, 0.6) is 0 Å². The molecule has 0 unspecified atom stereocenters. The molecule has 14 heavy (non-hydrogen) atoms. The summed E-state index contributed by atoms with van der Waals surface area (Å²) in [4.78, 5) is 18.7. The Morgan fingerprint density at radius 1 is 1.00 bits per heavy atom. The Morgan fingerprint density at radius 3 is 1.79 bits per heavy atom. The largest absolute Gasteiger partial charge is 0.280 e. The molecule has 0 aromatic heterocycles. The maximum atomic E-state index is 4.87. The maximum absolute atomic E-state index is 4.87. The molecule has 0 heterocycles. The summed E-state index contributed by atoms with van der Waals surface area (Å²) in [7, 11) is 2.97. The highest BCUT2D eigenvalue weighted by molar-refractivity contribution is 4.93. The van der Waals surface area contributed by atoms with Gasteiger partial charge in [-0.3, -0.25) is 19.4 Å². The zero-order valence-corrected chi connectivity index (χ0v) is 8.67. The second kappa shape index (κ2) is 10.6. The molecule has 0 saturated carbocycles. The number of hydrogen-bond donors (Lipinski definition) is 2. The van der Waals surface area contributed by atoms with Crippen molar-refractivity contribution in [1.82, 2.24) is 11.3 Å². The second-order valence-corrected chi connectivity index (χ2v) is 2.52. The normalized spacial score (nSPS) is 10.4. The van der Waals surface area contributed by atoms with Gasteiger partial charge in [0.25, 0.3) is 0 Å². The van der Waals surface area contributed by atoms with Crippen LogP contribution in [0.15, 0.2) is 12.2 Å². The van der Waals surface area contributed by atoms with E-state index < -0.39 is 0 Å². The summed E-state index contributed by atoms with van der Waals surface area (Å²) in [5.41, 5.74) is 5.59. The van der Waals surface area contributed by atoms with Gasteiger partial charge in [0, 0.05) is 0 Å². The van der Waals surface area contributed by atoms with Crippen LogP contribution in [0.4, 0.5) is 0 Å². The fourth-order valence-corrected chi connectivity index (χ4v) is 0.717. The van der Waals surface area contributed by atoms with Crippen molar-refractivity contribution in [2.24, 2.45) is 0 Å². The number of nitrogens with one attached hydrogen (secondary N) is 2. The monoisotopic (exact) mass is 206 g/mol. The van der Waals surface area contributed by atoms with E-state index in [4.69, 9.17) is 9.68 Å². The molecule has 0 radical (unpaired) electrons. The van der Waals surface area contributed by atoms with E-state index in [-0.39, 0.29) is 0 Å². The van der Waals surface area contributed by atoms with Gasteiger partial charge < -0.3 is 0 Å². The lowest BCUT2D eigenvalue weighted by molar-refractivity contribution is -0.153. The Bertz CT molecular complexity index is 129. The molecule has 0 aliphatic rings. The van der Waals surface area contributed by atoms with Crippen LogP contribution in [-0.2, 0) is 19.4 Å². The molecule has 6 heteroatoms. The van der Waals surface area contributed by atoms with Crippen LogP contribution in [0.2, 0.25) is 0 Å². The SMILES string of the molecule is C=C(CCONOC)CCONOC. The Hall–Kier alpha value is -0.500. The van der Waals surface area contributed by atoms with Gasteiger partial charge in [-0.15, -0.1) is 0 Å². The molecular weight excluding hydrogens is 188 g/mol. The molecule has 0 fully saturated rings. The summed E-state index contributed by atoms with van der Waals surface area (Å²) in [5.74, 6) is 0. The summed E-state index contributed by atoms with van der Waals surface area (Å²) >= 11 is 0. The highest BCUT2D eigenvalue weighted by Gasteiger charge is 1.95.